The number of amides is 1. The highest BCUT2D eigenvalue weighted by Crippen LogP contribution is 2.14. The second kappa shape index (κ2) is 5.65. The van der Waals surface area contributed by atoms with Gasteiger partial charge in [0.15, 0.2) is 0 Å². The summed E-state index contributed by atoms with van der Waals surface area (Å²) in [4.78, 5) is 13.8. The van der Waals surface area contributed by atoms with Crippen LogP contribution < -0.4 is 5.73 Å². The van der Waals surface area contributed by atoms with Gasteiger partial charge in [0.2, 0.25) is 5.91 Å². The van der Waals surface area contributed by atoms with Gasteiger partial charge < -0.3 is 10.6 Å². The van der Waals surface area contributed by atoms with E-state index in [2.05, 4.69) is 22.0 Å². The smallest absolute Gasteiger partial charge is 0.222 e. The Morgan fingerprint density at radius 3 is 3.00 bits per heavy atom. The van der Waals surface area contributed by atoms with Crippen LogP contribution >= 0.6 is 15.9 Å². The largest absolute Gasteiger partial charge is 0.341 e. The lowest BCUT2D eigenvalue weighted by Crippen LogP contribution is -2.31. The molecule has 0 aromatic heterocycles. The molecule has 1 atom stereocenters. The molecular weight excluding hydrogens is 280 g/mol. The molecule has 0 unspecified atom stereocenters. The maximum absolute atomic E-state index is 11.9. The number of nitrogens with two attached hydrogens (primary N) is 1. The fourth-order valence-electron chi connectivity index (χ4n) is 2.12. The number of aryl methyl sites for hydroxylation is 1. The van der Waals surface area contributed by atoms with Gasteiger partial charge in [-0.2, -0.15) is 0 Å². The Morgan fingerprint density at radius 2 is 2.35 bits per heavy atom. The van der Waals surface area contributed by atoms with E-state index in [1.54, 1.807) is 0 Å². The molecule has 0 radical (unpaired) electrons. The molecule has 0 bridgehead atoms. The number of hydrogen-bond donors (Lipinski definition) is 1. The van der Waals surface area contributed by atoms with Crippen molar-refractivity contribution < 1.29 is 4.79 Å². The fraction of sp³-hybridized carbons (Fsp3) is 0.462. The summed E-state index contributed by atoms with van der Waals surface area (Å²) in [5.41, 5.74) is 6.98. The van der Waals surface area contributed by atoms with Crippen molar-refractivity contribution in [1.82, 2.24) is 4.90 Å². The van der Waals surface area contributed by atoms with E-state index in [4.69, 9.17) is 5.73 Å². The number of likely N-dealkylation sites (tertiary alicyclic amines) is 1. The molecule has 1 aromatic rings. The molecule has 1 fully saturated rings. The molecule has 92 valence electrons. The van der Waals surface area contributed by atoms with Gasteiger partial charge in [-0.1, -0.05) is 28.1 Å². The molecule has 4 heteroatoms. The number of benzene rings is 1. The Kier molecular flexibility index (Phi) is 4.18. The van der Waals surface area contributed by atoms with Crippen LogP contribution in [0.15, 0.2) is 28.7 Å². The van der Waals surface area contributed by atoms with Gasteiger partial charge in [0.05, 0.1) is 0 Å². The van der Waals surface area contributed by atoms with Crippen molar-refractivity contribution in [2.45, 2.75) is 25.3 Å². The number of nitrogens with zero attached hydrogens (tertiary/aromatic N) is 1. The quantitative estimate of drug-likeness (QED) is 0.927. The molecule has 3 nitrogen and oxygen atoms in total. The molecule has 1 saturated heterocycles. The second-order valence-electron chi connectivity index (χ2n) is 4.52. The Balaban J connectivity index is 1.84. The van der Waals surface area contributed by atoms with Crippen LogP contribution in [-0.2, 0) is 11.2 Å². The number of carbonyl (C=O) groups excluding carboxylic acids is 1. The molecule has 17 heavy (non-hydrogen) atoms. The summed E-state index contributed by atoms with van der Waals surface area (Å²) in [6, 6.07) is 8.27. The monoisotopic (exact) mass is 296 g/mol. The first kappa shape index (κ1) is 12.6. The number of carbonyl (C=O) groups is 1. The molecule has 1 aliphatic rings. The van der Waals surface area contributed by atoms with Gasteiger partial charge in [0.1, 0.15) is 0 Å². The zero-order valence-electron chi connectivity index (χ0n) is 9.73. The minimum absolute atomic E-state index is 0.171. The van der Waals surface area contributed by atoms with Crippen molar-refractivity contribution in [3.63, 3.8) is 0 Å². The SMILES string of the molecule is N[C@H]1CCN(C(=O)CCc2cccc(Br)c2)C1. The zero-order chi connectivity index (χ0) is 12.3. The summed E-state index contributed by atoms with van der Waals surface area (Å²) in [6.45, 7) is 1.54. The highest BCUT2D eigenvalue weighted by molar-refractivity contribution is 9.10. The highest BCUT2D eigenvalue weighted by atomic mass is 79.9. The van der Waals surface area contributed by atoms with E-state index in [0.717, 1.165) is 30.4 Å². The average Bonchev–Trinajstić information content (AvgIpc) is 2.73. The third-order valence-corrected chi connectivity index (χ3v) is 3.59. The van der Waals surface area contributed by atoms with Crippen LogP contribution in [0.2, 0.25) is 0 Å². The van der Waals surface area contributed by atoms with Gasteiger partial charge >= 0.3 is 0 Å². The van der Waals surface area contributed by atoms with Crippen molar-refractivity contribution >= 4 is 21.8 Å². The first-order valence-corrected chi connectivity index (χ1v) is 6.72. The van der Waals surface area contributed by atoms with Gasteiger partial charge in [0, 0.05) is 30.0 Å². The maximum atomic E-state index is 11.9. The van der Waals surface area contributed by atoms with Crippen molar-refractivity contribution in [3.8, 4) is 0 Å². The zero-order valence-corrected chi connectivity index (χ0v) is 11.3. The lowest BCUT2D eigenvalue weighted by molar-refractivity contribution is -0.130. The third kappa shape index (κ3) is 3.54. The maximum Gasteiger partial charge on any atom is 0.222 e. The lowest BCUT2D eigenvalue weighted by Gasteiger charge is -2.15. The van der Waals surface area contributed by atoms with Crippen LogP contribution in [0.4, 0.5) is 0 Å². The number of hydrogen-bond acceptors (Lipinski definition) is 2. The van der Waals surface area contributed by atoms with Gasteiger partial charge in [-0.25, -0.2) is 0 Å². The predicted octanol–water partition coefficient (Wildman–Crippen LogP) is 1.94. The Morgan fingerprint density at radius 1 is 1.53 bits per heavy atom. The van der Waals surface area contributed by atoms with E-state index in [1.165, 1.54) is 5.56 Å². The van der Waals surface area contributed by atoms with Gasteiger partial charge in [-0.15, -0.1) is 0 Å². The van der Waals surface area contributed by atoms with Crippen LogP contribution in [-0.4, -0.2) is 29.9 Å². The van der Waals surface area contributed by atoms with Crippen LogP contribution in [0.25, 0.3) is 0 Å². The molecule has 1 amide bonds. The van der Waals surface area contributed by atoms with E-state index < -0.39 is 0 Å². The average molecular weight is 297 g/mol. The summed E-state index contributed by atoms with van der Waals surface area (Å²) >= 11 is 3.43. The van der Waals surface area contributed by atoms with Crippen molar-refractivity contribution in [2.24, 2.45) is 5.73 Å². The van der Waals surface area contributed by atoms with Crippen molar-refractivity contribution in [1.29, 1.82) is 0 Å². The summed E-state index contributed by atoms with van der Waals surface area (Å²) < 4.78 is 1.06. The predicted molar refractivity (Wildman–Crippen MR) is 71.6 cm³/mol. The molecule has 1 aromatic carbocycles. The standard InChI is InChI=1S/C13H17BrN2O/c14-11-3-1-2-10(8-11)4-5-13(17)16-7-6-12(15)9-16/h1-3,8,12H,4-7,9,15H2/t12-/m0/s1. The Hall–Kier alpha value is -0.870. The number of halogens is 1. The first-order chi connectivity index (χ1) is 8.15. The minimum atomic E-state index is 0.171. The fourth-order valence-corrected chi connectivity index (χ4v) is 2.56. The third-order valence-electron chi connectivity index (χ3n) is 3.09. The second-order valence-corrected chi connectivity index (χ2v) is 5.43. The highest BCUT2D eigenvalue weighted by Gasteiger charge is 2.22. The summed E-state index contributed by atoms with van der Waals surface area (Å²) in [6.07, 6.45) is 2.30. The first-order valence-electron chi connectivity index (χ1n) is 5.93. The molecule has 2 rings (SSSR count). The van der Waals surface area contributed by atoms with Crippen LogP contribution in [0, 0.1) is 0 Å². The molecule has 0 aliphatic carbocycles. The van der Waals surface area contributed by atoms with E-state index in [1.807, 2.05) is 23.1 Å². The summed E-state index contributed by atoms with van der Waals surface area (Å²) in [5, 5.41) is 0. The number of rotatable bonds is 3. The Labute approximate surface area is 110 Å². The normalized spacial score (nSPS) is 19.6. The van der Waals surface area contributed by atoms with Crippen LogP contribution in [0.1, 0.15) is 18.4 Å². The molecule has 1 aliphatic heterocycles. The topological polar surface area (TPSA) is 46.3 Å². The summed E-state index contributed by atoms with van der Waals surface area (Å²) in [7, 11) is 0. The van der Waals surface area contributed by atoms with Crippen LogP contribution in [0.3, 0.4) is 0 Å². The van der Waals surface area contributed by atoms with Crippen molar-refractivity contribution in [2.75, 3.05) is 13.1 Å². The molecule has 0 saturated carbocycles. The van der Waals surface area contributed by atoms with E-state index in [-0.39, 0.29) is 11.9 Å². The molecular formula is C13H17BrN2O. The van der Waals surface area contributed by atoms with Crippen molar-refractivity contribution in [3.05, 3.63) is 34.3 Å². The van der Waals surface area contributed by atoms with E-state index in [9.17, 15) is 4.79 Å². The van der Waals surface area contributed by atoms with Gasteiger partial charge in [0.25, 0.3) is 0 Å². The van der Waals surface area contributed by atoms with Gasteiger partial charge in [-0.3, -0.25) is 4.79 Å². The van der Waals surface area contributed by atoms with E-state index in [0.29, 0.717) is 6.42 Å². The molecule has 2 N–H and O–H groups in total. The molecule has 1 heterocycles. The lowest BCUT2D eigenvalue weighted by atomic mass is 10.1. The Bertz CT molecular complexity index is 408. The van der Waals surface area contributed by atoms with E-state index >= 15 is 0 Å². The van der Waals surface area contributed by atoms with Gasteiger partial charge in [-0.05, 0) is 30.5 Å². The summed E-state index contributed by atoms with van der Waals surface area (Å²) in [5.74, 6) is 0.220. The molecule has 0 spiro atoms. The van der Waals surface area contributed by atoms with Crippen LogP contribution in [0.5, 0.6) is 0 Å². The minimum Gasteiger partial charge on any atom is -0.341 e.